The average Bonchev–Trinajstić information content (AvgIpc) is 2.46. The molecule has 1 unspecified atom stereocenters. The largest absolute Gasteiger partial charge is 0.310 e. The number of aromatic nitrogens is 1. The molecule has 1 heterocycles. The first-order chi connectivity index (χ1) is 10.1. The molecule has 0 fully saturated rings. The molecule has 1 N–H and O–H groups in total. The Morgan fingerprint density at radius 1 is 1.19 bits per heavy atom. The molecule has 2 rings (SSSR count). The van der Waals surface area contributed by atoms with Crippen LogP contribution in [-0.2, 0) is 6.42 Å². The van der Waals surface area contributed by atoms with E-state index >= 15 is 0 Å². The first kappa shape index (κ1) is 16.6. The minimum atomic E-state index is -0.199. The molecule has 0 aliphatic carbocycles. The van der Waals surface area contributed by atoms with Crippen LogP contribution in [0.1, 0.15) is 30.6 Å². The van der Waals surface area contributed by atoms with Crippen molar-refractivity contribution in [2.75, 3.05) is 6.54 Å². The molecule has 1 aromatic carbocycles. The van der Waals surface area contributed by atoms with E-state index in [2.05, 4.69) is 49.1 Å². The molecule has 2 nitrogen and oxygen atoms in total. The molecule has 0 amide bonds. The molecule has 112 valence electrons. The monoisotopic (exact) mass is 414 g/mol. The molecule has 21 heavy (non-hydrogen) atoms. The van der Waals surface area contributed by atoms with Gasteiger partial charge in [-0.3, -0.25) is 4.98 Å². The number of halogens is 3. The fourth-order valence-electron chi connectivity index (χ4n) is 2.13. The quantitative estimate of drug-likeness (QED) is 0.715. The first-order valence-corrected chi connectivity index (χ1v) is 8.47. The molecule has 0 spiro atoms. The van der Waals surface area contributed by atoms with Crippen LogP contribution in [-0.4, -0.2) is 11.5 Å². The van der Waals surface area contributed by atoms with Crippen LogP contribution in [0, 0.1) is 5.82 Å². The summed E-state index contributed by atoms with van der Waals surface area (Å²) in [7, 11) is 0. The van der Waals surface area contributed by atoms with Crippen LogP contribution in [0.2, 0.25) is 0 Å². The topological polar surface area (TPSA) is 24.9 Å². The Morgan fingerprint density at radius 2 is 1.95 bits per heavy atom. The van der Waals surface area contributed by atoms with Crippen LogP contribution in [0.15, 0.2) is 45.5 Å². The van der Waals surface area contributed by atoms with Crippen molar-refractivity contribution in [1.29, 1.82) is 0 Å². The van der Waals surface area contributed by atoms with E-state index in [4.69, 9.17) is 0 Å². The Balaban J connectivity index is 2.22. The van der Waals surface area contributed by atoms with Crippen molar-refractivity contribution >= 4 is 31.9 Å². The van der Waals surface area contributed by atoms with E-state index < -0.39 is 0 Å². The average molecular weight is 416 g/mol. The van der Waals surface area contributed by atoms with Gasteiger partial charge >= 0.3 is 0 Å². The minimum Gasteiger partial charge on any atom is -0.310 e. The van der Waals surface area contributed by atoms with E-state index in [1.807, 2.05) is 24.3 Å². The summed E-state index contributed by atoms with van der Waals surface area (Å²) in [6.45, 7) is 2.94. The number of nitrogens with one attached hydrogen (secondary N) is 1. The SMILES string of the molecule is CCCNC(Cc1ccc(Br)cn1)c1ccc(Br)cc1F. The summed E-state index contributed by atoms with van der Waals surface area (Å²) in [5.41, 5.74) is 1.62. The van der Waals surface area contributed by atoms with Gasteiger partial charge in [0.15, 0.2) is 0 Å². The van der Waals surface area contributed by atoms with Crippen LogP contribution in [0.4, 0.5) is 4.39 Å². The lowest BCUT2D eigenvalue weighted by Crippen LogP contribution is -2.25. The second kappa shape index (κ2) is 8.01. The number of nitrogens with zero attached hydrogens (tertiary/aromatic N) is 1. The number of hydrogen-bond acceptors (Lipinski definition) is 2. The van der Waals surface area contributed by atoms with Gasteiger partial charge in [0.25, 0.3) is 0 Å². The summed E-state index contributed by atoms with van der Waals surface area (Å²) in [5, 5.41) is 3.40. The lowest BCUT2D eigenvalue weighted by Gasteiger charge is -2.19. The summed E-state index contributed by atoms with van der Waals surface area (Å²) in [5.74, 6) is -0.199. The van der Waals surface area contributed by atoms with Crippen molar-refractivity contribution < 1.29 is 4.39 Å². The van der Waals surface area contributed by atoms with Gasteiger partial charge in [0.05, 0.1) is 0 Å². The maximum absolute atomic E-state index is 14.2. The van der Waals surface area contributed by atoms with Gasteiger partial charge in [-0.2, -0.15) is 0 Å². The molecule has 0 bridgehead atoms. The predicted octanol–water partition coefficient (Wildman–Crippen LogP) is 5.03. The van der Waals surface area contributed by atoms with Crippen LogP contribution >= 0.6 is 31.9 Å². The molecule has 5 heteroatoms. The Hall–Kier alpha value is -0.780. The molecule has 0 aliphatic rings. The molecule has 0 radical (unpaired) electrons. The molecule has 0 aliphatic heterocycles. The molecular weight excluding hydrogens is 399 g/mol. The van der Waals surface area contributed by atoms with E-state index in [0.717, 1.165) is 27.6 Å². The van der Waals surface area contributed by atoms with E-state index in [1.165, 1.54) is 6.07 Å². The number of hydrogen-bond donors (Lipinski definition) is 1. The third kappa shape index (κ3) is 4.87. The highest BCUT2D eigenvalue weighted by atomic mass is 79.9. The summed E-state index contributed by atoms with van der Waals surface area (Å²) in [6.07, 6.45) is 3.43. The van der Waals surface area contributed by atoms with Crippen LogP contribution in [0.25, 0.3) is 0 Å². The van der Waals surface area contributed by atoms with Crippen molar-refractivity contribution in [3.05, 3.63) is 62.5 Å². The second-order valence-corrected chi connectivity index (χ2v) is 6.68. The number of pyridine rings is 1. The third-order valence-electron chi connectivity index (χ3n) is 3.18. The van der Waals surface area contributed by atoms with Crippen molar-refractivity contribution in [2.24, 2.45) is 0 Å². The second-order valence-electron chi connectivity index (χ2n) is 4.84. The van der Waals surface area contributed by atoms with Crippen molar-refractivity contribution in [3.63, 3.8) is 0 Å². The standard InChI is InChI=1S/C16H17Br2FN2/c1-2-7-20-16(9-13-5-3-12(18)10-21-13)14-6-4-11(17)8-15(14)19/h3-6,8,10,16,20H,2,7,9H2,1H3. The molecular formula is C16H17Br2FN2. The molecule has 2 aromatic rings. The normalized spacial score (nSPS) is 12.4. The van der Waals surface area contributed by atoms with Crippen molar-refractivity contribution in [1.82, 2.24) is 10.3 Å². The number of benzene rings is 1. The van der Waals surface area contributed by atoms with Crippen LogP contribution in [0.3, 0.4) is 0 Å². The van der Waals surface area contributed by atoms with E-state index in [-0.39, 0.29) is 11.9 Å². The van der Waals surface area contributed by atoms with E-state index in [0.29, 0.717) is 12.0 Å². The van der Waals surface area contributed by atoms with Gasteiger partial charge in [0.2, 0.25) is 0 Å². The fraction of sp³-hybridized carbons (Fsp3) is 0.312. The summed E-state index contributed by atoms with van der Waals surface area (Å²) >= 11 is 6.67. The first-order valence-electron chi connectivity index (χ1n) is 6.89. The molecule has 0 saturated carbocycles. The van der Waals surface area contributed by atoms with Gasteiger partial charge in [-0.1, -0.05) is 28.9 Å². The molecule has 0 saturated heterocycles. The van der Waals surface area contributed by atoms with Crippen LogP contribution in [0.5, 0.6) is 0 Å². The highest BCUT2D eigenvalue weighted by molar-refractivity contribution is 9.10. The smallest absolute Gasteiger partial charge is 0.129 e. The number of rotatable bonds is 6. The summed E-state index contributed by atoms with van der Waals surface area (Å²) < 4.78 is 15.9. The zero-order chi connectivity index (χ0) is 15.2. The van der Waals surface area contributed by atoms with Gasteiger partial charge in [-0.25, -0.2) is 4.39 Å². The maximum atomic E-state index is 14.2. The van der Waals surface area contributed by atoms with E-state index in [9.17, 15) is 4.39 Å². The summed E-state index contributed by atoms with van der Waals surface area (Å²) in [6, 6.07) is 9.04. The van der Waals surface area contributed by atoms with Gasteiger partial charge in [-0.15, -0.1) is 0 Å². The Kier molecular flexibility index (Phi) is 6.33. The minimum absolute atomic E-state index is 0.0771. The Labute approximate surface area is 141 Å². The zero-order valence-corrected chi connectivity index (χ0v) is 14.9. The Bertz CT molecular complexity index is 587. The Morgan fingerprint density at radius 3 is 2.57 bits per heavy atom. The molecule has 1 atom stereocenters. The lowest BCUT2D eigenvalue weighted by atomic mass is 10.0. The maximum Gasteiger partial charge on any atom is 0.129 e. The van der Waals surface area contributed by atoms with Crippen molar-refractivity contribution in [3.8, 4) is 0 Å². The predicted molar refractivity (Wildman–Crippen MR) is 90.8 cm³/mol. The van der Waals surface area contributed by atoms with E-state index in [1.54, 1.807) is 6.20 Å². The van der Waals surface area contributed by atoms with Gasteiger partial charge in [-0.05, 0) is 53.2 Å². The lowest BCUT2D eigenvalue weighted by molar-refractivity contribution is 0.493. The molecule has 1 aromatic heterocycles. The zero-order valence-electron chi connectivity index (χ0n) is 11.7. The fourth-order valence-corrected chi connectivity index (χ4v) is 2.70. The summed E-state index contributed by atoms with van der Waals surface area (Å²) in [4.78, 5) is 4.38. The van der Waals surface area contributed by atoms with Gasteiger partial charge in [0.1, 0.15) is 5.82 Å². The van der Waals surface area contributed by atoms with Gasteiger partial charge < -0.3 is 5.32 Å². The van der Waals surface area contributed by atoms with Crippen molar-refractivity contribution in [2.45, 2.75) is 25.8 Å². The highest BCUT2D eigenvalue weighted by Gasteiger charge is 2.16. The highest BCUT2D eigenvalue weighted by Crippen LogP contribution is 2.24. The van der Waals surface area contributed by atoms with Crippen LogP contribution < -0.4 is 5.32 Å². The third-order valence-corrected chi connectivity index (χ3v) is 4.14. The van der Waals surface area contributed by atoms with Gasteiger partial charge in [0, 0.05) is 38.9 Å².